The molecule has 1 aliphatic carbocycles. The van der Waals surface area contributed by atoms with Gasteiger partial charge >= 0.3 is 12.2 Å². The van der Waals surface area contributed by atoms with Crippen LogP contribution in [0.2, 0.25) is 0 Å². The molecule has 1 saturated carbocycles. The predicted molar refractivity (Wildman–Crippen MR) is 194 cm³/mol. The number of allylic oxidation sites excluding steroid dienone is 1. The van der Waals surface area contributed by atoms with Gasteiger partial charge in [0.15, 0.2) is 0 Å². The minimum absolute atomic E-state index is 0.0341. The van der Waals surface area contributed by atoms with Gasteiger partial charge in [0.1, 0.15) is 12.1 Å². The maximum Gasteiger partial charge on any atom is 0.389 e. The number of nitrogens with zero attached hydrogens (tertiary/aromatic N) is 2. The molecular weight excluding hydrogens is 717 g/mol. The second kappa shape index (κ2) is 18.7. The molecule has 4 N–H and O–H groups in total. The largest absolute Gasteiger partial charge is 0.389 e. The van der Waals surface area contributed by atoms with Gasteiger partial charge in [0, 0.05) is 44.6 Å². The second-order valence-corrected chi connectivity index (χ2v) is 17.8. The van der Waals surface area contributed by atoms with Gasteiger partial charge in [0.2, 0.25) is 27.6 Å². The molecule has 0 spiro atoms. The van der Waals surface area contributed by atoms with Gasteiger partial charge in [0.25, 0.3) is 5.91 Å². The van der Waals surface area contributed by atoms with E-state index in [-0.39, 0.29) is 31.3 Å². The van der Waals surface area contributed by atoms with Gasteiger partial charge in [-0.2, -0.15) is 17.5 Å². The van der Waals surface area contributed by atoms with Crippen molar-refractivity contribution in [2.45, 2.75) is 123 Å². The van der Waals surface area contributed by atoms with E-state index in [9.17, 15) is 45.6 Å². The summed E-state index contributed by atoms with van der Waals surface area (Å²) in [7, 11) is -3.45. The van der Waals surface area contributed by atoms with Crippen LogP contribution < -0.4 is 21.3 Å². The summed E-state index contributed by atoms with van der Waals surface area (Å²) in [6, 6.07) is -5.41. The maximum atomic E-state index is 14.6. The van der Waals surface area contributed by atoms with E-state index in [4.69, 9.17) is 0 Å². The number of Topliss-reactive ketones (excluding diaryl/α,β-unsaturated/α-hetero) is 1. The highest BCUT2D eigenvalue weighted by atomic mass is 32.2. The number of hydrogen-bond acceptors (Lipinski definition) is 7. The molecule has 300 valence electrons. The molecule has 0 bridgehead atoms. The van der Waals surface area contributed by atoms with Crippen molar-refractivity contribution in [1.82, 2.24) is 30.5 Å². The van der Waals surface area contributed by atoms with Gasteiger partial charge in [-0.15, -0.1) is 6.58 Å². The van der Waals surface area contributed by atoms with Crippen molar-refractivity contribution in [2.75, 3.05) is 31.9 Å². The number of carbonyl (C=O) groups is 5. The molecule has 17 heteroatoms. The Labute approximate surface area is 311 Å². The number of urea groups is 1. The van der Waals surface area contributed by atoms with E-state index in [1.165, 1.54) is 15.3 Å². The fourth-order valence-corrected chi connectivity index (χ4v) is 8.79. The average Bonchev–Trinajstić information content (AvgIpc) is 3.64. The molecule has 2 heterocycles. The lowest BCUT2D eigenvalue weighted by atomic mass is 9.83. The van der Waals surface area contributed by atoms with Crippen molar-refractivity contribution in [2.24, 2.45) is 17.3 Å². The highest BCUT2D eigenvalue weighted by Gasteiger charge is 2.46. The normalized spacial score (nSPS) is 22.6. The Hall–Kier alpha value is -3.47. The predicted octanol–water partition coefficient (Wildman–Crippen LogP) is 3.57. The Kier molecular flexibility index (Phi) is 15.5. The summed E-state index contributed by atoms with van der Waals surface area (Å²) < 4.78 is 66.4. The van der Waals surface area contributed by atoms with Crippen LogP contribution in [0.1, 0.15) is 92.4 Å². The van der Waals surface area contributed by atoms with Crippen LogP contribution in [0, 0.1) is 17.3 Å². The van der Waals surface area contributed by atoms with Crippen LogP contribution in [-0.4, -0.2) is 109 Å². The van der Waals surface area contributed by atoms with Gasteiger partial charge < -0.3 is 26.2 Å². The molecule has 0 aromatic heterocycles. The number of amides is 5. The number of likely N-dealkylation sites (tertiary alicyclic amines) is 1. The number of halogens is 3. The molecule has 13 nitrogen and oxygen atoms in total. The number of ketones is 1. The molecule has 3 fully saturated rings. The zero-order valence-corrected chi connectivity index (χ0v) is 32.3. The van der Waals surface area contributed by atoms with E-state index in [2.05, 4.69) is 27.8 Å². The van der Waals surface area contributed by atoms with Gasteiger partial charge in [0.05, 0.1) is 11.8 Å². The van der Waals surface area contributed by atoms with E-state index in [0.29, 0.717) is 32.2 Å². The van der Waals surface area contributed by atoms with Crippen molar-refractivity contribution in [3.8, 4) is 0 Å². The monoisotopic (exact) mass is 774 g/mol. The smallest absolute Gasteiger partial charge is 0.346 e. The van der Waals surface area contributed by atoms with Crippen LogP contribution in [0.25, 0.3) is 0 Å². The lowest BCUT2D eigenvalue weighted by molar-refractivity contribution is -0.147. The van der Waals surface area contributed by atoms with Gasteiger partial charge in [-0.05, 0) is 57.3 Å². The quantitative estimate of drug-likeness (QED) is 0.145. The Morgan fingerprint density at radius 1 is 0.925 bits per heavy atom. The lowest BCUT2D eigenvalue weighted by Crippen LogP contribution is -2.61. The second-order valence-electron chi connectivity index (χ2n) is 15.7. The van der Waals surface area contributed by atoms with Crippen LogP contribution in [-0.2, 0) is 29.2 Å². The van der Waals surface area contributed by atoms with E-state index in [1.807, 2.05) is 20.8 Å². The van der Waals surface area contributed by atoms with Crippen molar-refractivity contribution in [1.29, 1.82) is 0 Å². The highest BCUT2D eigenvalue weighted by Crippen LogP contribution is 2.33. The topological polar surface area (TPSA) is 174 Å². The maximum absolute atomic E-state index is 14.6. The molecule has 0 aromatic rings. The van der Waals surface area contributed by atoms with E-state index >= 15 is 0 Å². The highest BCUT2D eigenvalue weighted by molar-refractivity contribution is 7.89. The first-order valence-electron chi connectivity index (χ1n) is 18.4. The number of rotatable bonds is 15. The molecule has 2 saturated heterocycles. The van der Waals surface area contributed by atoms with Crippen LogP contribution >= 0.6 is 0 Å². The number of alkyl halides is 3. The third kappa shape index (κ3) is 12.8. The third-order valence-electron chi connectivity index (χ3n) is 10.1. The molecule has 2 aliphatic heterocycles. The minimum atomic E-state index is -4.67. The van der Waals surface area contributed by atoms with Gasteiger partial charge in [-0.1, -0.05) is 57.8 Å². The minimum Gasteiger partial charge on any atom is -0.346 e. The fraction of sp³-hybridized carbons (Fsp3) is 0.750. The summed E-state index contributed by atoms with van der Waals surface area (Å²) in [5.41, 5.74) is 0.267. The van der Waals surface area contributed by atoms with Crippen molar-refractivity contribution < 1.29 is 45.6 Å². The average molecular weight is 775 g/mol. The molecule has 53 heavy (non-hydrogen) atoms. The SMILES string of the molecule is C=CCNC(=O)C(=O)C(CCC(F)(F)F)NC(=O)[C@@H]1[C@@H](C=C(C)C)CCN1C(=O)[C@@H](NC(=O)N[C@H](CN1CCCS1(=O)=O)C(C)(C)C)C1CCCCC1. The first-order chi connectivity index (χ1) is 24.6. The number of carbonyl (C=O) groups excluding carboxylic acids is 5. The number of sulfonamides is 1. The third-order valence-corrected chi connectivity index (χ3v) is 12.1. The van der Waals surface area contributed by atoms with Crippen molar-refractivity contribution in [3.63, 3.8) is 0 Å². The molecule has 0 radical (unpaired) electrons. The standard InChI is InChI=1S/C36H57F3N6O7S/c1-7-17-40-32(48)30(46)26(14-16-36(37,38)39)41-31(47)29-25(21-23(2)3)15-19-45(29)33(49)28(24-12-9-8-10-13-24)43-34(50)42-27(35(4,5)6)22-44-18-11-20-53(44,51)52/h7,21,24-29H,1,8-20,22H2,2-6H3,(H,40,48)(H,41,47)(H2,42,43,50)/t25-,26?,27-,28+,29+/m1/s1. The van der Waals surface area contributed by atoms with E-state index < -0.39 is 94.1 Å². The molecular formula is C36H57F3N6O7S. The molecule has 5 amide bonds. The zero-order valence-electron chi connectivity index (χ0n) is 31.5. The zero-order chi connectivity index (χ0) is 39.7. The molecule has 0 aromatic carbocycles. The summed E-state index contributed by atoms with van der Waals surface area (Å²) in [6.07, 6.45) is 0.734. The van der Waals surface area contributed by atoms with Crippen LogP contribution in [0.4, 0.5) is 18.0 Å². The van der Waals surface area contributed by atoms with Gasteiger partial charge in [-0.3, -0.25) is 19.2 Å². The van der Waals surface area contributed by atoms with E-state index in [0.717, 1.165) is 24.8 Å². The molecule has 3 rings (SSSR count). The first kappa shape index (κ1) is 43.9. The Bertz CT molecular complexity index is 1490. The Morgan fingerprint density at radius 2 is 1.58 bits per heavy atom. The summed E-state index contributed by atoms with van der Waals surface area (Å²) in [5, 5.41) is 10.4. The molecule has 1 unspecified atom stereocenters. The summed E-state index contributed by atoms with van der Waals surface area (Å²) in [6.45, 7) is 13.0. The Balaban J connectivity index is 1.92. The number of nitrogens with one attached hydrogen (secondary N) is 4. The van der Waals surface area contributed by atoms with Gasteiger partial charge in [-0.25, -0.2) is 13.2 Å². The Morgan fingerprint density at radius 3 is 2.13 bits per heavy atom. The first-order valence-corrected chi connectivity index (χ1v) is 20.1. The lowest BCUT2D eigenvalue weighted by Gasteiger charge is -2.37. The summed E-state index contributed by atoms with van der Waals surface area (Å²) >= 11 is 0. The van der Waals surface area contributed by atoms with Crippen molar-refractivity contribution >= 4 is 39.6 Å². The molecule has 5 atom stereocenters. The van der Waals surface area contributed by atoms with Crippen molar-refractivity contribution in [3.05, 3.63) is 24.3 Å². The van der Waals surface area contributed by atoms with Crippen LogP contribution in [0.5, 0.6) is 0 Å². The summed E-state index contributed by atoms with van der Waals surface area (Å²) in [4.78, 5) is 69.2. The van der Waals surface area contributed by atoms with E-state index in [1.54, 1.807) is 19.9 Å². The number of hydrogen-bond donors (Lipinski definition) is 4. The van der Waals surface area contributed by atoms with Crippen LogP contribution in [0.3, 0.4) is 0 Å². The fourth-order valence-electron chi connectivity index (χ4n) is 7.25. The summed E-state index contributed by atoms with van der Waals surface area (Å²) in [5.74, 6) is -4.68. The van der Waals surface area contributed by atoms with Crippen LogP contribution in [0.15, 0.2) is 24.3 Å². The molecule has 3 aliphatic rings.